The molecule has 0 unspecified atom stereocenters. The van der Waals surface area contributed by atoms with Crippen LogP contribution in [0, 0.1) is 23.2 Å². The second-order valence-corrected chi connectivity index (χ2v) is 7.14. The smallest absolute Gasteiger partial charge is 0.168 e. The summed E-state index contributed by atoms with van der Waals surface area (Å²) >= 11 is 0. The van der Waals surface area contributed by atoms with E-state index in [9.17, 15) is 9.59 Å². The van der Waals surface area contributed by atoms with E-state index in [0.29, 0.717) is 5.56 Å². The third-order valence-corrected chi connectivity index (χ3v) is 5.47. The van der Waals surface area contributed by atoms with Crippen LogP contribution in [-0.2, 0) is 4.79 Å². The van der Waals surface area contributed by atoms with Crippen LogP contribution in [0.4, 0.5) is 0 Å². The number of carbonyl (C=O) groups excluding carboxylic acids is 2. The van der Waals surface area contributed by atoms with Crippen molar-refractivity contribution >= 4 is 11.6 Å². The number of hydrogen-bond donors (Lipinski definition) is 0. The molecule has 4 rings (SSSR count). The summed E-state index contributed by atoms with van der Waals surface area (Å²) in [4.78, 5) is 26.1. The number of hydrogen-bond acceptors (Lipinski definition) is 2. The maximum Gasteiger partial charge on any atom is 0.168 e. The van der Waals surface area contributed by atoms with Crippen LogP contribution in [0.1, 0.15) is 34.3 Å². The molecule has 0 aliphatic heterocycles. The van der Waals surface area contributed by atoms with Crippen molar-refractivity contribution in [2.24, 2.45) is 11.3 Å². The fourth-order valence-electron chi connectivity index (χ4n) is 4.02. The van der Waals surface area contributed by atoms with E-state index in [2.05, 4.69) is 11.8 Å². The highest BCUT2D eigenvalue weighted by molar-refractivity contribution is 6.08. The summed E-state index contributed by atoms with van der Waals surface area (Å²) in [5.74, 6) is 5.59. The minimum Gasteiger partial charge on any atom is -0.298 e. The molecular formula is C26H20O2. The van der Waals surface area contributed by atoms with Gasteiger partial charge in [0.25, 0.3) is 0 Å². The van der Waals surface area contributed by atoms with E-state index in [1.807, 2.05) is 78.9 Å². The van der Waals surface area contributed by atoms with Gasteiger partial charge in [-0.25, -0.2) is 0 Å². The molecule has 0 saturated heterocycles. The van der Waals surface area contributed by atoms with Crippen LogP contribution in [0.25, 0.3) is 0 Å². The zero-order valence-electron chi connectivity index (χ0n) is 15.6. The molecular weight excluding hydrogens is 344 g/mol. The lowest BCUT2D eigenvalue weighted by Crippen LogP contribution is -2.18. The minimum absolute atomic E-state index is 0.0213. The van der Waals surface area contributed by atoms with Crippen molar-refractivity contribution in [3.05, 3.63) is 108 Å². The lowest BCUT2D eigenvalue weighted by Gasteiger charge is -2.07. The van der Waals surface area contributed by atoms with Crippen LogP contribution in [0.5, 0.6) is 0 Å². The third-order valence-electron chi connectivity index (χ3n) is 5.47. The Labute approximate surface area is 165 Å². The Kier molecular flexibility index (Phi) is 4.67. The molecule has 3 atom stereocenters. The molecule has 1 fully saturated rings. The van der Waals surface area contributed by atoms with Gasteiger partial charge in [-0.15, -0.1) is 0 Å². The highest BCUT2D eigenvalue weighted by atomic mass is 16.1. The Hall–Kier alpha value is -3.44. The van der Waals surface area contributed by atoms with Crippen LogP contribution < -0.4 is 0 Å². The Bertz CT molecular complexity index is 1060. The first-order chi connectivity index (χ1) is 13.6. The number of benzene rings is 3. The van der Waals surface area contributed by atoms with Crippen LogP contribution >= 0.6 is 0 Å². The Morgan fingerprint density at radius 2 is 1.32 bits per heavy atom. The Morgan fingerprint density at radius 3 is 1.89 bits per heavy atom. The van der Waals surface area contributed by atoms with Crippen molar-refractivity contribution < 1.29 is 9.59 Å². The van der Waals surface area contributed by atoms with E-state index < -0.39 is 11.3 Å². The van der Waals surface area contributed by atoms with Gasteiger partial charge in [0.2, 0.25) is 0 Å². The van der Waals surface area contributed by atoms with Crippen molar-refractivity contribution in [1.29, 1.82) is 0 Å². The number of Topliss-reactive ketones (excluding diaryl/α,β-unsaturated/α-hetero) is 2. The summed E-state index contributed by atoms with van der Waals surface area (Å²) in [5, 5.41) is 0. The Morgan fingerprint density at radius 1 is 0.786 bits per heavy atom. The standard InChI is InChI=1S/C26H20O2/c1-19(27)26(18-17-20-11-5-2-6-12-20)23(21-13-7-3-8-14-21)24(26)25(28)22-15-9-4-10-16-22/h2-16,23-24H,1H3/t23-,24+,26-/m0/s1. The van der Waals surface area contributed by atoms with E-state index >= 15 is 0 Å². The maximum atomic E-state index is 13.3. The van der Waals surface area contributed by atoms with E-state index in [-0.39, 0.29) is 17.5 Å². The molecule has 1 aliphatic rings. The lowest BCUT2D eigenvalue weighted by molar-refractivity contribution is -0.120. The van der Waals surface area contributed by atoms with Crippen molar-refractivity contribution in [2.75, 3.05) is 0 Å². The molecule has 0 radical (unpaired) electrons. The predicted octanol–water partition coefficient (Wildman–Crippen LogP) is 4.91. The fourth-order valence-corrected chi connectivity index (χ4v) is 4.02. The van der Waals surface area contributed by atoms with Gasteiger partial charge in [0, 0.05) is 17.0 Å². The first-order valence-corrected chi connectivity index (χ1v) is 9.38. The topological polar surface area (TPSA) is 34.1 Å². The second-order valence-electron chi connectivity index (χ2n) is 7.14. The van der Waals surface area contributed by atoms with Crippen molar-refractivity contribution in [3.8, 4) is 11.8 Å². The summed E-state index contributed by atoms with van der Waals surface area (Å²) in [6.45, 7) is 1.55. The van der Waals surface area contributed by atoms with E-state index in [4.69, 9.17) is 0 Å². The molecule has 2 nitrogen and oxygen atoms in total. The molecule has 1 saturated carbocycles. The number of rotatable bonds is 4. The largest absolute Gasteiger partial charge is 0.298 e. The van der Waals surface area contributed by atoms with Gasteiger partial charge in [0.15, 0.2) is 5.78 Å². The predicted molar refractivity (Wildman–Crippen MR) is 110 cm³/mol. The Balaban J connectivity index is 1.81. The molecule has 2 heteroatoms. The minimum atomic E-state index is -0.982. The molecule has 136 valence electrons. The van der Waals surface area contributed by atoms with Crippen molar-refractivity contribution in [1.82, 2.24) is 0 Å². The van der Waals surface area contributed by atoms with Crippen LogP contribution in [0.3, 0.4) is 0 Å². The fraction of sp³-hybridized carbons (Fsp3) is 0.154. The summed E-state index contributed by atoms with van der Waals surface area (Å²) in [5.41, 5.74) is 1.46. The van der Waals surface area contributed by atoms with Gasteiger partial charge in [-0.3, -0.25) is 9.59 Å². The highest BCUT2D eigenvalue weighted by Crippen LogP contribution is 2.66. The highest BCUT2D eigenvalue weighted by Gasteiger charge is 2.70. The quantitative estimate of drug-likeness (QED) is 0.487. The monoisotopic (exact) mass is 364 g/mol. The van der Waals surface area contributed by atoms with Crippen molar-refractivity contribution in [2.45, 2.75) is 12.8 Å². The van der Waals surface area contributed by atoms with Gasteiger partial charge < -0.3 is 0 Å². The summed E-state index contributed by atoms with van der Waals surface area (Å²) < 4.78 is 0. The SMILES string of the molecule is CC(=O)[C@]1(C#Cc2ccccc2)[C@@H](C(=O)c2ccccc2)[C@@H]1c1ccccc1. The summed E-state index contributed by atoms with van der Waals surface area (Å²) in [6, 6.07) is 28.5. The van der Waals surface area contributed by atoms with E-state index in [1.165, 1.54) is 0 Å². The zero-order valence-corrected chi connectivity index (χ0v) is 15.6. The summed E-state index contributed by atoms with van der Waals surface area (Å²) in [7, 11) is 0. The van der Waals surface area contributed by atoms with Gasteiger partial charge in [0.05, 0.1) is 5.92 Å². The third kappa shape index (κ3) is 3.06. The van der Waals surface area contributed by atoms with Crippen LogP contribution in [0.15, 0.2) is 91.0 Å². The number of carbonyl (C=O) groups is 2. The average Bonchev–Trinajstić information content (AvgIpc) is 3.44. The molecule has 3 aromatic rings. The van der Waals surface area contributed by atoms with Crippen LogP contribution in [-0.4, -0.2) is 11.6 Å². The first kappa shape index (κ1) is 17.9. The maximum absolute atomic E-state index is 13.3. The van der Waals surface area contributed by atoms with Gasteiger partial charge in [-0.1, -0.05) is 90.7 Å². The average molecular weight is 364 g/mol. The molecule has 0 amide bonds. The van der Waals surface area contributed by atoms with Crippen LogP contribution in [0.2, 0.25) is 0 Å². The molecule has 0 aromatic heterocycles. The first-order valence-electron chi connectivity index (χ1n) is 9.38. The summed E-state index contributed by atoms with van der Waals surface area (Å²) in [6.07, 6.45) is 0. The molecule has 0 spiro atoms. The molecule has 0 bridgehead atoms. The second kappa shape index (κ2) is 7.29. The lowest BCUT2D eigenvalue weighted by atomic mass is 9.93. The van der Waals surface area contributed by atoms with Gasteiger partial charge in [-0.05, 0) is 24.6 Å². The van der Waals surface area contributed by atoms with E-state index in [1.54, 1.807) is 19.1 Å². The van der Waals surface area contributed by atoms with E-state index in [0.717, 1.165) is 11.1 Å². The van der Waals surface area contributed by atoms with Crippen molar-refractivity contribution in [3.63, 3.8) is 0 Å². The molecule has 1 aliphatic carbocycles. The van der Waals surface area contributed by atoms with Gasteiger partial charge >= 0.3 is 0 Å². The zero-order chi connectivity index (χ0) is 19.6. The van der Waals surface area contributed by atoms with Gasteiger partial charge in [0.1, 0.15) is 11.2 Å². The molecule has 28 heavy (non-hydrogen) atoms. The van der Waals surface area contributed by atoms with Gasteiger partial charge in [-0.2, -0.15) is 0 Å². The molecule has 3 aromatic carbocycles. The molecule has 0 N–H and O–H groups in total. The molecule has 0 heterocycles. The normalized spacial score (nSPS) is 22.6. The number of ketones is 2.